The van der Waals surface area contributed by atoms with Crippen molar-refractivity contribution in [1.29, 1.82) is 0 Å². The number of methoxy groups -OCH3 is 1. The second-order valence-electron chi connectivity index (χ2n) is 7.51. The third-order valence-corrected chi connectivity index (χ3v) is 6.81. The molecule has 0 amide bonds. The summed E-state index contributed by atoms with van der Waals surface area (Å²) in [7, 11) is 1.95. The fourth-order valence-electron chi connectivity index (χ4n) is 3.22. The predicted octanol–water partition coefficient (Wildman–Crippen LogP) is 3.66. The Morgan fingerprint density at radius 2 is 1.52 bits per heavy atom. The number of esters is 1. The molecule has 0 heterocycles. The predicted molar refractivity (Wildman–Crippen MR) is 112 cm³/mol. The minimum Gasteiger partial charge on any atom is -0.469 e. The van der Waals surface area contributed by atoms with Crippen molar-refractivity contribution in [1.82, 2.24) is 9.21 Å². The van der Waals surface area contributed by atoms with Crippen LogP contribution < -0.4 is 0 Å². The monoisotopic (exact) mass is 406 g/mol. The van der Waals surface area contributed by atoms with Gasteiger partial charge >= 0.3 is 5.97 Å². The molecule has 0 bridgehead atoms. The van der Waals surface area contributed by atoms with Crippen LogP contribution in [0.3, 0.4) is 0 Å². The third-order valence-electron chi connectivity index (χ3n) is 4.88. The van der Waals surface area contributed by atoms with Crippen LogP contribution in [0.4, 0.5) is 0 Å². The molecule has 0 aromatic rings. The molecule has 0 aliphatic heterocycles. The van der Waals surface area contributed by atoms with Crippen molar-refractivity contribution < 1.29 is 17.9 Å². The first-order valence-corrected chi connectivity index (χ1v) is 12.1. The second kappa shape index (κ2) is 15.3. The van der Waals surface area contributed by atoms with Crippen LogP contribution in [0.2, 0.25) is 0 Å². The van der Waals surface area contributed by atoms with E-state index in [0.717, 1.165) is 25.8 Å². The smallest absolute Gasteiger partial charge is 0.307 e. The van der Waals surface area contributed by atoms with Gasteiger partial charge in [-0.25, -0.2) is 8.42 Å². The zero-order valence-corrected chi connectivity index (χ0v) is 19.0. The van der Waals surface area contributed by atoms with Crippen LogP contribution in [-0.2, 0) is 19.6 Å². The van der Waals surface area contributed by atoms with E-state index < -0.39 is 10.0 Å². The molecular weight excluding hydrogens is 364 g/mol. The fraction of sp³-hybridized carbons (Fsp3) is 0.950. The highest BCUT2D eigenvalue weighted by atomic mass is 32.2. The standard InChI is InChI=1S/C20H42N2O4S/c1-6-8-9-10-11-12-13-15-19(18-20(23)26-5)22(27(24,25)7-2)17-14-16-21(3)4/h19H,6-18H2,1-5H3. The van der Waals surface area contributed by atoms with Crippen molar-refractivity contribution in [3.63, 3.8) is 0 Å². The van der Waals surface area contributed by atoms with Gasteiger partial charge in [-0.3, -0.25) is 4.79 Å². The van der Waals surface area contributed by atoms with Crippen LogP contribution in [0.25, 0.3) is 0 Å². The number of nitrogens with zero attached hydrogens (tertiary/aromatic N) is 2. The molecule has 0 aromatic carbocycles. The van der Waals surface area contributed by atoms with Crippen LogP contribution >= 0.6 is 0 Å². The van der Waals surface area contributed by atoms with E-state index in [2.05, 4.69) is 6.92 Å². The SMILES string of the molecule is CCCCCCCCCC(CC(=O)OC)N(CCCN(C)C)S(=O)(=O)CC. The molecule has 0 saturated carbocycles. The molecule has 0 N–H and O–H groups in total. The lowest BCUT2D eigenvalue weighted by molar-refractivity contribution is -0.141. The van der Waals surface area contributed by atoms with E-state index >= 15 is 0 Å². The molecule has 162 valence electrons. The van der Waals surface area contributed by atoms with Gasteiger partial charge in [0.25, 0.3) is 0 Å². The van der Waals surface area contributed by atoms with Gasteiger partial charge in [-0.05, 0) is 40.4 Å². The van der Waals surface area contributed by atoms with Crippen LogP contribution in [0, 0.1) is 0 Å². The molecule has 0 rings (SSSR count). The van der Waals surface area contributed by atoms with E-state index in [1.807, 2.05) is 19.0 Å². The van der Waals surface area contributed by atoms with Gasteiger partial charge in [-0.1, -0.05) is 51.9 Å². The van der Waals surface area contributed by atoms with Crippen molar-refractivity contribution in [3.8, 4) is 0 Å². The largest absolute Gasteiger partial charge is 0.469 e. The molecule has 0 fully saturated rings. The Morgan fingerprint density at radius 3 is 2.04 bits per heavy atom. The molecule has 1 unspecified atom stereocenters. The van der Waals surface area contributed by atoms with Gasteiger partial charge in [-0.2, -0.15) is 4.31 Å². The van der Waals surface area contributed by atoms with E-state index in [1.54, 1.807) is 11.2 Å². The zero-order chi connectivity index (χ0) is 20.7. The van der Waals surface area contributed by atoms with Gasteiger partial charge < -0.3 is 9.64 Å². The number of carbonyl (C=O) groups excluding carboxylic acids is 1. The summed E-state index contributed by atoms with van der Waals surface area (Å²) in [6, 6.07) is -0.305. The van der Waals surface area contributed by atoms with Crippen molar-refractivity contribution in [2.75, 3.05) is 40.0 Å². The summed E-state index contributed by atoms with van der Waals surface area (Å²) in [6.07, 6.45) is 9.80. The van der Waals surface area contributed by atoms with E-state index in [1.165, 1.54) is 39.2 Å². The van der Waals surface area contributed by atoms with Crippen LogP contribution in [-0.4, -0.2) is 69.7 Å². The van der Waals surface area contributed by atoms with Gasteiger partial charge in [0, 0.05) is 12.6 Å². The van der Waals surface area contributed by atoms with Gasteiger partial charge in [0.1, 0.15) is 0 Å². The Kier molecular flexibility index (Phi) is 14.9. The highest BCUT2D eigenvalue weighted by Crippen LogP contribution is 2.20. The molecule has 27 heavy (non-hydrogen) atoms. The quantitative estimate of drug-likeness (QED) is 0.272. The van der Waals surface area contributed by atoms with Gasteiger partial charge in [0.15, 0.2) is 0 Å². The van der Waals surface area contributed by atoms with Crippen LogP contribution in [0.15, 0.2) is 0 Å². The second-order valence-corrected chi connectivity index (χ2v) is 9.72. The number of unbranched alkanes of at least 4 members (excludes halogenated alkanes) is 6. The summed E-state index contributed by atoms with van der Waals surface area (Å²) < 4.78 is 31.7. The fourth-order valence-corrected chi connectivity index (χ4v) is 4.59. The van der Waals surface area contributed by atoms with Crippen molar-refractivity contribution in [3.05, 3.63) is 0 Å². The topological polar surface area (TPSA) is 66.9 Å². The first-order valence-electron chi connectivity index (χ1n) is 10.5. The number of ether oxygens (including phenoxy) is 1. The number of hydrogen-bond donors (Lipinski definition) is 0. The molecule has 1 atom stereocenters. The Hall–Kier alpha value is -0.660. The van der Waals surface area contributed by atoms with Gasteiger partial charge in [-0.15, -0.1) is 0 Å². The summed E-state index contributed by atoms with van der Waals surface area (Å²) in [5.74, 6) is -0.282. The number of carbonyl (C=O) groups is 1. The first-order chi connectivity index (χ1) is 12.8. The molecule has 6 nitrogen and oxygen atoms in total. The highest BCUT2D eigenvalue weighted by Gasteiger charge is 2.30. The summed E-state index contributed by atoms with van der Waals surface area (Å²) in [5.41, 5.74) is 0. The lowest BCUT2D eigenvalue weighted by Gasteiger charge is -2.30. The molecule has 0 aromatic heterocycles. The molecule has 7 heteroatoms. The minimum atomic E-state index is -3.36. The molecule has 0 aliphatic rings. The lowest BCUT2D eigenvalue weighted by atomic mass is 10.0. The van der Waals surface area contributed by atoms with Crippen molar-refractivity contribution >= 4 is 16.0 Å². The summed E-state index contributed by atoms with van der Waals surface area (Å²) in [5, 5.41) is 0. The van der Waals surface area contributed by atoms with Crippen molar-refractivity contribution in [2.24, 2.45) is 0 Å². The Labute approximate surface area is 167 Å². The Morgan fingerprint density at radius 1 is 0.926 bits per heavy atom. The number of hydrogen-bond acceptors (Lipinski definition) is 5. The van der Waals surface area contributed by atoms with Crippen LogP contribution in [0.1, 0.15) is 78.1 Å². The van der Waals surface area contributed by atoms with E-state index in [9.17, 15) is 13.2 Å². The maximum absolute atomic E-state index is 12.7. The van der Waals surface area contributed by atoms with E-state index in [0.29, 0.717) is 13.0 Å². The molecular formula is C20H42N2O4S. The average molecular weight is 407 g/mol. The Balaban J connectivity index is 4.89. The third kappa shape index (κ3) is 12.4. The summed E-state index contributed by atoms with van der Waals surface area (Å²) in [6.45, 7) is 5.14. The minimum absolute atomic E-state index is 0.0592. The average Bonchev–Trinajstić information content (AvgIpc) is 2.63. The van der Waals surface area contributed by atoms with E-state index in [4.69, 9.17) is 4.74 Å². The van der Waals surface area contributed by atoms with E-state index in [-0.39, 0.29) is 24.2 Å². The summed E-state index contributed by atoms with van der Waals surface area (Å²) >= 11 is 0. The number of rotatable bonds is 17. The number of sulfonamides is 1. The molecule has 0 aliphatic carbocycles. The zero-order valence-electron chi connectivity index (χ0n) is 18.2. The highest BCUT2D eigenvalue weighted by molar-refractivity contribution is 7.89. The summed E-state index contributed by atoms with van der Waals surface area (Å²) in [4.78, 5) is 13.9. The van der Waals surface area contributed by atoms with Gasteiger partial charge in [0.2, 0.25) is 10.0 Å². The first kappa shape index (κ1) is 26.3. The lowest BCUT2D eigenvalue weighted by Crippen LogP contribution is -2.43. The normalized spacial score (nSPS) is 13.3. The Bertz CT molecular complexity index is 480. The van der Waals surface area contributed by atoms with Crippen molar-refractivity contribution in [2.45, 2.75) is 84.1 Å². The van der Waals surface area contributed by atoms with Gasteiger partial charge in [0.05, 0.1) is 19.3 Å². The molecule has 0 saturated heterocycles. The van der Waals surface area contributed by atoms with Crippen LogP contribution in [0.5, 0.6) is 0 Å². The molecule has 0 radical (unpaired) electrons. The molecule has 0 spiro atoms. The maximum atomic E-state index is 12.7. The maximum Gasteiger partial charge on any atom is 0.307 e.